The van der Waals surface area contributed by atoms with Crippen molar-refractivity contribution in [2.45, 2.75) is 37.6 Å². The van der Waals surface area contributed by atoms with Crippen molar-refractivity contribution in [1.29, 1.82) is 0 Å². The van der Waals surface area contributed by atoms with E-state index >= 15 is 0 Å². The number of hydrogen-bond donors (Lipinski definition) is 4. The lowest BCUT2D eigenvalue weighted by Crippen LogP contribution is -2.38. The van der Waals surface area contributed by atoms with Gasteiger partial charge in [0, 0.05) is 0 Å². The maximum absolute atomic E-state index is 9.10. The number of ether oxygens (including phenoxy) is 1. The molecule has 1 fully saturated rings. The van der Waals surface area contributed by atoms with Crippen LogP contribution in [-0.2, 0) is 4.74 Å². The van der Waals surface area contributed by atoms with Crippen LogP contribution in [0, 0.1) is 0 Å². The molecule has 0 aliphatic carbocycles. The van der Waals surface area contributed by atoms with E-state index < -0.39 is 30.7 Å². The highest BCUT2D eigenvalue weighted by atomic mass is 16.6. The van der Waals surface area contributed by atoms with Gasteiger partial charge in [-0.1, -0.05) is 0 Å². The lowest BCUT2D eigenvalue weighted by Gasteiger charge is -2.15. The normalized spacial score (nSPS) is 45.3. The number of hydrogen-bond acceptors (Lipinski definition) is 5. The first-order chi connectivity index (χ1) is 5.04. The van der Waals surface area contributed by atoms with Crippen molar-refractivity contribution in [2.24, 2.45) is 0 Å². The molecule has 0 bridgehead atoms. The monoisotopic (exact) mass is 164 g/mol. The second-order valence-electron chi connectivity index (χ2n) is 2.70. The Morgan fingerprint density at radius 1 is 1.18 bits per heavy atom. The van der Waals surface area contributed by atoms with Crippen LogP contribution in [0.4, 0.5) is 0 Å². The minimum absolute atomic E-state index is 0.559. The van der Waals surface area contributed by atoms with Gasteiger partial charge < -0.3 is 25.2 Å². The molecule has 66 valence electrons. The van der Waals surface area contributed by atoms with Crippen molar-refractivity contribution in [3.8, 4) is 0 Å². The first-order valence-electron chi connectivity index (χ1n) is 3.41. The van der Waals surface area contributed by atoms with Crippen LogP contribution in [-0.4, -0.2) is 51.1 Å². The molecule has 1 rings (SSSR count). The van der Waals surface area contributed by atoms with Gasteiger partial charge in [-0.25, -0.2) is 0 Å². The van der Waals surface area contributed by atoms with Crippen LogP contribution in [0.15, 0.2) is 0 Å². The molecule has 0 spiro atoms. The van der Waals surface area contributed by atoms with E-state index in [0.29, 0.717) is 0 Å². The molecule has 1 aliphatic rings. The van der Waals surface area contributed by atoms with E-state index in [1.807, 2.05) is 0 Å². The third kappa shape index (κ3) is 1.52. The third-order valence-electron chi connectivity index (χ3n) is 1.83. The first kappa shape index (κ1) is 8.89. The maximum Gasteiger partial charge on any atom is 0.181 e. The van der Waals surface area contributed by atoms with Gasteiger partial charge in [0.25, 0.3) is 0 Å². The van der Waals surface area contributed by atoms with E-state index in [-0.39, 0.29) is 0 Å². The molecule has 4 N–H and O–H groups in total. The summed E-state index contributed by atoms with van der Waals surface area (Å²) in [4.78, 5) is 0. The summed E-state index contributed by atoms with van der Waals surface area (Å²) in [5.41, 5.74) is 0. The molecule has 0 amide bonds. The summed E-state index contributed by atoms with van der Waals surface area (Å²) in [6, 6.07) is 0. The van der Waals surface area contributed by atoms with Crippen molar-refractivity contribution in [1.82, 2.24) is 0 Å². The molecule has 0 aromatic carbocycles. The fourth-order valence-electron chi connectivity index (χ4n) is 1.13. The summed E-state index contributed by atoms with van der Waals surface area (Å²) in [7, 11) is 0. The molecule has 11 heavy (non-hydrogen) atoms. The highest BCUT2D eigenvalue weighted by Crippen LogP contribution is 2.22. The van der Waals surface area contributed by atoms with Crippen molar-refractivity contribution in [2.75, 3.05) is 0 Å². The van der Waals surface area contributed by atoms with Gasteiger partial charge in [0.1, 0.15) is 18.3 Å². The predicted molar refractivity (Wildman–Crippen MR) is 34.6 cm³/mol. The smallest absolute Gasteiger partial charge is 0.181 e. The van der Waals surface area contributed by atoms with Crippen LogP contribution in [0.5, 0.6) is 0 Å². The van der Waals surface area contributed by atoms with Crippen LogP contribution in [0.2, 0.25) is 0 Å². The molecule has 1 heterocycles. The van der Waals surface area contributed by atoms with Crippen LogP contribution in [0.25, 0.3) is 0 Å². The van der Waals surface area contributed by atoms with Gasteiger partial charge in [-0.2, -0.15) is 0 Å². The van der Waals surface area contributed by atoms with Crippen molar-refractivity contribution < 1.29 is 25.2 Å². The number of rotatable bonds is 1. The topological polar surface area (TPSA) is 90.2 Å². The van der Waals surface area contributed by atoms with Crippen molar-refractivity contribution in [3.63, 3.8) is 0 Å². The Balaban J connectivity index is 2.59. The lowest BCUT2D eigenvalue weighted by molar-refractivity contribution is -0.158. The second-order valence-corrected chi connectivity index (χ2v) is 2.70. The maximum atomic E-state index is 9.10. The molecule has 1 saturated heterocycles. The van der Waals surface area contributed by atoms with E-state index in [4.69, 9.17) is 25.2 Å². The minimum atomic E-state index is -1.75. The molecule has 0 saturated carbocycles. The fraction of sp³-hybridized carbons (Fsp3) is 1.00. The molecule has 1 aliphatic heterocycles. The van der Waals surface area contributed by atoms with E-state index in [0.717, 1.165) is 0 Å². The molecule has 5 nitrogen and oxygen atoms in total. The zero-order valence-corrected chi connectivity index (χ0v) is 6.08. The molecule has 0 aromatic heterocycles. The highest BCUT2D eigenvalue weighted by Gasteiger charge is 2.43. The molecule has 0 radical (unpaired) electrons. The molecular weight excluding hydrogens is 152 g/mol. The van der Waals surface area contributed by atoms with E-state index in [1.165, 1.54) is 0 Å². The molecule has 4 atom stereocenters. The predicted octanol–water partition coefficient (Wildman–Crippen LogP) is -2.19. The number of aliphatic hydroxyl groups excluding tert-OH is 3. The van der Waals surface area contributed by atoms with Gasteiger partial charge >= 0.3 is 0 Å². The fourth-order valence-corrected chi connectivity index (χ4v) is 1.13. The molecule has 5 heteroatoms. The van der Waals surface area contributed by atoms with Crippen LogP contribution in [0.3, 0.4) is 0 Å². The van der Waals surface area contributed by atoms with Crippen LogP contribution >= 0.6 is 0 Å². The largest absolute Gasteiger partial charge is 0.388 e. The summed E-state index contributed by atoms with van der Waals surface area (Å²) >= 11 is 0. The Bertz CT molecular complexity index is 137. The van der Waals surface area contributed by atoms with Crippen LogP contribution < -0.4 is 0 Å². The highest BCUT2D eigenvalue weighted by molar-refractivity contribution is 4.89. The Kier molecular flexibility index (Phi) is 2.46. The zero-order valence-electron chi connectivity index (χ0n) is 6.08. The van der Waals surface area contributed by atoms with Gasteiger partial charge in [-0.15, -0.1) is 0 Å². The van der Waals surface area contributed by atoms with Crippen molar-refractivity contribution in [3.05, 3.63) is 0 Å². The van der Waals surface area contributed by atoms with Crippen molar-refractivity contribution >= 4 is 0 Å². The van der Waals surface area contributed by atoms with Gasteiger partial charge in [0.15, 0.2) is 6.29 Å². The van der Waals surface area contributed by atoms with Gasteiger partial charge in [0.05, 0.1) is 6.10 Å². The minimum Gasteiger partial charge on any atom is -0.388 e. The van der Waals surface area contributed by atoms with E-state index in [9.17, 15) is 0 Å². The third-order valence-corrected chi connectivity index (χ3v) is 1.83. The van der Waals surface area contributed by atoms with Crippen LogP contribution in [0.1, 0.15) is 6.92 Å². The molecule has 0 aromatic rings. The molecule has 1 unspecified atom stereocenters. The summed E-state index contributed by atoms with van der Waals surface area (Å²) < 4.78 is 4.85. The molecular formula is C6H12O5. The van der Waals surface area contributed by atoms with E-state index in [1.54, 1.807) is 6.92 Å². The summed E-state index contributed by atoms with van der Waals surface area (Å²) in [5, 5.41) is 35.4. The summed E-state index contributed by atoms with van der Waals surface area (Å²) in [6.07, 6.45) is -5.66. The summed E-state index contributed by atoms with van der Waals surface area (Å²) in [5.74, 6) is 0. The number of aliphatic hydroxyl groups is 4. The van der Waals surface area contributed by atoms with Gasteiger partial charge in [-0.05, 0) is 6.92 Å². The average molecular weight is 164 g/mol. The quantitative estimate of drug-likeness (QED) is 0.330. The average Bonchev–Trinajstić information content (AvgIpc) is 2.17. The Morgan fingerprint density at radius 3 is 1.91 bits per heavy atom. The lowest BCUT2D eigenvalue weighted by atomic mass is 10.1. The second kappa shape index (κ2) is 3.04. The summed E-state index contributed by atoms with van der Waals surface area (Å²) in [6.45, 7) is 1.55. The van der Waals surface area contributed by atoms with Gasteiger partial charge in [0.2, 0.25) is 0 Å². The van der Waals surface area contributed by atoms with E-state index in [2.05, 4.69) is 0 Å². The van der Waals surface area contributed by atoms with Gasteiger partial charge in [-0.3, -0.25) is 0 Å². The standard InChI is InChI=1S/C6H12O5/c1-2-3(7)4(8)5(11-2)6(9)10/h2-10H,1H3/t2-,3?,4+,5-/m0/s1. The Morgan fingerprint density at radius 2 is 1.73 bits per heavy atom. The Hall–Kier alpha value is -0.200. The first-order valence-corrected chi connectivity index (χ1v) is 3.41. The SMILES string of the molecule is C[C@@H]1O[C@H](C(O)O)[C@H](O)C1O. The Labute approximate surface area is 63.8 Å². The zero-order chi connectivity index (χ0) is 8.59.